The van der Waals surface area contributed by atoms with E-state index in [9.17, 15) is 9.59 Å². The number of urea groups is 1. The van der Waals surface area contributed by atoms with Gasteiger partial charge in [0.25, 0.3) is 5.91 Å². The molecule has 2 aromatic carbocycles. The number of likely N-dealkylation sites (N-methyl/N-ethyl adjacent to an activating group) is 1. The molecule has 3 atom stereocenters. The third-order valence-corrected chi connectivity index (χ3v) is 5.84. The highest BCUT2D eigenvalue weighted by Crippen LogP contribution is 2.26. The Balaban J connectivity index is 1.81. The van der Waals surface area contributed by atoms with Crippen LogP contribution in [0.5, 0.6) is 5.75 Å². The summed E-state index contributed by atoms with van der Waals surface area (Å²) in [5.74, 6) is 0.463. The monoisotopic (exact) mass is 474 g/mol. The number of amides is 3. The molecule has 1 heterocycles. The molecule has 0 spiro atoms. The first kappa shape index (κ1) is 24.8. The maximum absolute atomic E-state index is 13.3. The predicted molar refractivity (Wildman–Crippen MR) is 130 cm³/mol. The van der Waals surface area contributed by atoms with Crippen molar-refractivity contribution in [1.29, 1.82) is 0 Å². The minimum absolute atomic E-state index is 0.0908. The lowest BCUT2D eigenvalue weighted by atomic mass is 10.0. The lowest BCUT2D eigenvalue weighted by Gasteiger charge is -2.30. The summed E-state index contributed by atoms with van der Waals surface area (Å²) in [5.41, 5.74) is 1.45. The van der Waals surface area contributed by atoms with E-state index in [4.69, 9.17) is 21.1 Å². The van der Waals surface area contributed by atoms with Gasteiger partial charge in [-0.15, -0.1) is 0 Å². The Labute approximate surface area is 199 Å². The van der Waals surface area contributed by atoms with Gasteiger partial charge in [-0.3, -0.25) is 4.79 Å². The zero-order valence-corrected chi connectivity index (χ0v) is 20.1. The van der Waals surface area contributed by atoms with Gasteiger partial charge in [-0.2, -0.15) is 0 Å². The zero-order chi connectivity index (χ0) is 24.0. The summed E-state index contributed by atoms with van der Waals surface area (Å²) in [7, 11) is 3.40. The molecular weight excluding hydrogens is 444 g/mol. The van der Waals surface area contributed by atoms with E-state index in [1.54, 1.807) is 61.5 Å². The van der Waals surface area contributed by atoms with Crippen molar-refractivity contribution in [3.05, 3.63) is 53.1 Å². The van der Waals surface area contributed by atoms with E-state index in [2.05, 4.69) is 22.9 Å². The number of anilines is 2. The number of ether oxygens (including phenoxy) is 2. The first-order chi connectivity index (χ1) is 15.8. The summed E-state index contributed by atoms with van der Waals surface area (Å²) >= 11 is 5.88. The van der Waals surface area contributed by atoms with Crippen LogP contribution in [0.1, 0.15) is 24.2 Å². The molecule has 9 heteroatoms. The van der Waals surface area contributed by atoms with Crippen molar-refractivity contribution in [3.63, 3.8) is 0 Å². The number of rotatable bonds is 3. The van der Waals surface area contributed by atoms with Gasteiger partial charge in [0.1, 0.15) is 12.4 Å². The van der Waals surface area contributed by atoms with E-state index in [0.29, 0.717) is 40.9 Å². The molecule has 0 radical (unpaired) electrons. The van der Waals surface area contributed by atoms with Crippen LogP contribution in [0.25, 0.3) is 0 Å². The Morgan fingerprint density at radius 3 is 2.52 bits per heavy atom. The smallest absolute Gasteiger partial charge is 0.323 e. The summed E-state index contributed by atoms with van der Waals surface area (Å²) in [5, 5.41) is 9.54. The van der Waals surface area contributed by atoms with Gasteiger partial charge in [0, 0.05) is 49.7 Å². The van der Waals surface area contributed by atoms with Crippen LogP contribution in [0.2, 0.25) is 5.02 Å². The fraction of sp³-hybridized carbons (Fsp3) is 0.417. The topological polar surface area (TPSA) is 91.9 Å². The molecule has 8 nitrogen and oxygen atoms in total. The molecule has 0 fully saturated rings. The molecule has 0 saturated carbocycles. The van der Waals surface area contributed by atoms with Gasteiger partial charge >= 0.3 is 6.03 Å². The standard InChI is InChI=1S/C24H31ClN4O4/c1-15-12-26-16(2)14-33-21-10-9-19(11-20(21)23(30)29(3)13-22(15)32-4)28-24(31)27-18-7-5-17(25)6-8-18/h5-11,15-16,22,26H,12-14H2,1-4H3,(H2,27,28,31)/t15-,16+,22-/m0/s1. The van der Waals surface area contributed by atoms with Crippen molar-refractivity contribution >= 4 is 34.9 Å². The summed E-state index contributed by atoms with van der Waals surface area (Å²) in [6, 6.07) is 11.5. The number of hydrogen-bond acceptors (Lipinski definition) is 5. The van der Waals surface area contributed by atoms with E-state index >= 15 is 0 Å². The summed E-state index contributed by atoms with van der Waals surface area (Å²) in [4.78, 5) is 27.4. The van der Waals surface area contributed by atoms with E-state index < -0.39 is 6.03 Å². The highest BCUT2D eigenvalue weighted by Gasteiger charge is 2.25. The van der Waals surface area contributed by atoms with Crippen LogP contribution < -0.4 is 20.7 Å². The highest BCUT2D eigenvalue weighted by atomic mass is 35.5. The molecule has 0 aromatic heterocycles. The van der Waals surface area contributed by atoms with E-state index in [1.807, 2.05) is 6.92 Å². The minimum Gasteiger partial charge on any atom is -0.491 e. The van der Waals surface area contributed by atoms with Crippen molar-refractivity contribution in [1.82, 2.24) is 10.2 Å². The summed E-state index contributed by atoms with van der Waals surface area (Å²) in [6.45, 7) is 5.71. The number of carbonyl (C=O) groups is 2. The van der Waals surface area contributed by atoms with Crippen LogP contribution >= 0.6 is 11.6 Å². The van der Waals surface area contributed by atoms with Crippen molar-refractivity contribution in [3.8, 4) is 5.75 Å². The molecule has 1 aliphatic rings. The molecule has 3 amide bonds. The normalized spacial score (nSPS) is 21.8. The Bertz CT molecular complexity index is 969. The Hall–Kier alpha value is -2.81. The fourth-order valence-electron chi connectivity index (χ4n) is 3.56. The quantitative estimate of drug-likeness (QED) is 0.623. The van der Waals surface area contributed by atoms with Gasteiger partial charge in [0.2, 0.25) is 0 Å². The second-order valence-electron chi connectivity index (χ2n) is 8.35. The average molecular weight is 475 g/mol. The Morgan fingerprint density at radius 2 is 1.82 bits per heavy atom. The lowest BCUT2D eigenvalue weighted by Crippen LogP contribution is -2.44. The first-order valence-corrected chi connectivity index (χ1v) is 11.3. The average Bonchev–Trinajstić information content (AvgIpc) is 2.80. The van der Waals surface area contributed by atoms with Crippen molar-refractivity contribution < 1.29 is 19.1 Å². The first-order valence-electron chi connectivity index (χ1n) is 10.9. The van der Waals surface area contributed by atoms with Gasteiger partial charge in [-0.25, -0.2) is 4.79 Å². The molecule has 178 valence electrons. The summed E-state index contributed by atoms with van der Waals surface area (Å²) in [6.07, 6.45) is -0.117. The molecule has 0 aliphatic carbocycles. The lowest BCUT2D eigenvalue weighted by molar-refractivity contribution is 0.0281. The predicted octanol–water partition coefficient (Wildman–Crippen LogP) is 4.08. The van der Waals surface area contributed by atoms with E-state index in [1.165, 1.54) is 0 Å². The van der Waals surface area contributed by atoms with Crippen LogP contribution in [-0.2, 0) is 4.74 Å². The molecule has 0 saturated heterocycles. The van der Waals surface area contributed by atoms with Gasteiger partial charge in [-0.1, -0.05) is 18.5 Å². The number of carbonyl (C=O) groups excluding carboxylic acids is 2. The van der Waals surface area contributed by atoms with E-state index in [-0.39, 0.29) is 24.0 Å². The number of benzene rings is 2. The summed E-state index contributed by atoms with van der Waals surface area (Å²) < 4.78 is 11.6. The number of methoxy groups -OCH3 is 1. The number of nitrogens with zero attached hydrogens (tertiary/aromatic N) is 1. The van der Waals surface area contributed by atoms with Gasteiger partial charge < -0.3 is 30.3 Å². The molecule has 3 rings (SSSR count). The molecular formula is C24H31ClN4O4. The SMILES string of the molecule is CO[C@H]1CN(C)C(=O)c2cc(NC(=O)Nc3ccc(Cl)cc3)ccc2OC[C@@H](C)NC[C@@H]1C. The third-order valence-electron chi connectivity index (χ3n) is 5.58. The number of hydrogen-bond donors (Lipinski definition) is 3. The Kier molecular flexibility index (Phi) is 8.55. The number of nitrogens with one attached hydrogen (secondary N) is 3. The van der Waals surface area contributed by atoms with Crippen LogP contribution in [-0.4, -0.2) is 62.8 Å². The van der Waals surface area contributed by atoms with Crippen molar-refractivity contribution in [2.45, 2.75) is 26.0 Å². The largest absolute Gasteiger partial charge is 0.491 e. The second-order valence-corrected chi connectivity index (χ2v) is 8.79. The van der Waals surface area contributed by atoms with Gasteiger partial charge in [-0.05, 0) is 55.3 Å². The molecule has 0 bridgehead atoms. The maximum Gasteiger partial charge on any atom is 0.323 e. The van der Waals surface area contributed by atoms with Gasteiger partial charge in [0.05, 0.1) is 11.7 Å². The van der Waals surface area contributed by atoms with E-state index in [0.717, 1.165) is 6.54 Å². The second kappa shape index (κ2) is 11.4. The van der Waals surface area contributed by atoms with Crippen molar-refractivity contribution in [2.75, 3.05) is 44.5 Å². The molecule has 2 aromatic rings. The molecule has 3 N–H and O–H groups in total. The van der Waals surface area contributed by atoms with Crippen LogP contribution in [0, 0.1) is 5.92 Å². The maximum atomic E-state index is 13.3. The third kappa shape index (κ3) is 6.83. The minimum atomic E-state index is -0.432. The molecule has 0 unspecified atom stereocenters. The van der Waals surface area contributed by atoms with Crippen LogP contribution in [0.4, 0.5) is 16.2 Å². The zero-order valence-electron chi connectivity index (χ0n) is 19.4. The molecule has 33 heavy (non-hydrogen) atoms. The van der Waals surface area contributed by atoms with Crippen LogP contribution in [0.3, 0.4) is 0 Å². The number of fused-ring (bicyclic) bond motifs is 1. The fourth-order valence-corrected chi connectivity index (χ4v) is 3.69. The van der Waals surface area contributed by atoms with Crippen molar-refractivity contribution in [2.24, 2.45) is 5.92 Å². The molecule has 1 aliphatic heterocycles. The number of halogens is 1. The van der Waals surface area contributed by atoms with Crippen LogP contribution in [0.15, 0.2) is 42.5 Å². The Morgan fingerprint density at radius 1 is 1.15 bits per heavy atom. The van der Waals surface area contributed by atoms with Gasteiger partial charge in [0.15, 0.2) is 0 Å². The highest BCUT2D eigenvalue weighted by molar-refractivity contribution is 6.30.